The van der Waals surface area contributed by atoms with Crippen LogP contribution in [0.5, 0.6) is 0 Å². The molecule has 2 aromatic carbocycles. The molecule has 1 fully saturated rings. The number of nitrogens with one attached hydrogen (secondary N) is 1. The number of carbonyl (C=O) groups is 2. The van der Waals surface area contributed by atoms with Gasteiger partial charge in [0.15, 0.2) is 0 Å². The van der Waals surface area contributed by atoms with Crippen LogP contribution >= 0.6 is 11.8 Å². The summed E-state index contributed by atoms with van der Waals surface area (Å²) in [7, 11) is 0. The molecule has 0 bridgehead atoms. The Bertz CT molecular complexity index is 901. The first-order valence-corrected chi connectivity index (χ1v) is 12.3. The van der Waals surface area contributed by atoms with Gasteiger partial charge < -0.3 is 10.2 Å². The maximum Gasteiger partial charge on any atom is 0.243 e. The Labute approximate surface area is 192 Å². The van der Waals surface area contributed by atoms with Gasteiger partial charge in [0.2, 0.25) is 11.8 Å². The molecule has 1 atom stereocenters. The number of hydrogen-bond acceptors (Lipinski definition) is 3. The maximum absolute atomic E-state index is 13.9. The Kier molecular flexibility index (Phi) is 9.09. The SMILES string of the molecule is CC[C@H](C(=O)NC1CCCC1)N(Cc1ccc(F)cc1)C(=O)CSCc1ccccc1F. The van der Waals surface area contributed by atoms with Crippen molar-refractivity contribution >= 4 is 23.6 Å². The van der Waals surface area contributed by atoms with E-state index in [9.17, 15) is 18.4 Å². The Balaban J connectivity index is 1.70. The zero-order valence-corrected chi connectivity index (χ0v) is 19.2. The number of benzene rings is 2. The standard InChI is InChI=1S/C25H30F2N2O2S/c1-2-23(25(31)28-21-8-4-5-9-21)29(15-18-11-13-20(26)14-12-18)24(30)17-32-16-19-7-3-6-10-22(19)27/h3,6-7,10-14,21,23H,2,4-5,8-9,15-17H2,1H3,(H,28,31)/t23-/m1/s1. The highest BCUT2D eigenvalue weighted by Crippen LogP contribution is 2.21. The van der Waals surface area contributed by atoms with Crippen molar-refractivity contribution in [1.82, 2.24) is 10.2 Å². The Hall–Kier alpha value is -2.41. The van der Waals surface area contributed by atoms with E-state index in [1.54, 1.807) is 35.2 Å². The van der Waals surface area contributed by atoms with Crippen molar-refractivity contribution in [2.75, 3.05) is 5.75 Å². The normalized spacial score (nSPS) is 14.8. The van der Waals surface area contributed by atoms with Crippen LogP contribution in [0.25, 0.3) is 0 Å². The molecule has 0 heterocycles. The average molecular weight is 461 g/mol. The van der Waals surface area contributed by atoms with E-state index in [1.807, 2.05) is 6.92 Å². The van der Waals surface area contributed by atoms with Crippen LogP contribution in [0, 0.1) is 11.6 Å². The van der Waals surface area contributed by atoms with Crippen LogP contribution < -0.4 is 5.32 Å². The molecule has 0 unspecified atom stereocenters. The summed E-state index contributed by atoms with van der Waals surface area (Å²) < 4.78 is 27.2. The second-order valence-electron chi connectivity index (χ2n) is 8.15. The zero-order chi connectivity index (χ0) is 22.9. The predicted molar refractivity (Wildman–Crippen MR) is 124 cm³/mol. The minimum atomic E-state index is -0.609. The molecule has 172 valence electrons. The van der Waals surface area contributed by atoms with Gasteiger partial charge in [-0.1, -0.05) is 50.1 Å². The van der Waals surface area contributed by atoms with E-state index >= 15 is 0 Å². The second kappa shape index (κ2) is 12.0. The van der Waals surface area contributed by atoms with Gasteiger partial charge >= 0.3 is 0 Å². The lowest BCUT2D eigenvalue weighted by atomic mass is 10.1. The summed E-state index contributed by atoms with van der Waals surface area (Å²) in [6.07, 6.45) is 4.61. The van der Waals surface area contributed by atoms with Gasteiger partial charge in [0.05, 0.1) is 5.75 Å². The van der Waals surface area contributed by atoms with E-state index in [2.05, 4.69) is 5.32 Å². The average Bonchev–Trinajstić information content (AvgIpc) is 3.29. The molecule has 32 heavy (non-hydrogen) atoms. The summed E-state index contributed by atoms with van der Waals surface area (Å²) in [6, 6.07) is 12.0. The highest BCUT2D eigenvalue weighted by Gasteiger charge is 2.30. The molecule has 3 rings (SSSR count). The summed E-state index contributed by atoms with van der Waals surface area (Å²) in [5.74, 6) is -0.481. The van der Waals surface area contributed by atoms with Gasteiger partial charge in [-0.25, -0.2) is 8.78 Å². The van der Waals surface area contributed by atoms with Crippen LogP contribution in [0.15, 0.2) is 48.5 Å². The van der Waals surface area contributed by atoms with Gasteiger partial charge in [-0.2, -0.15) is 0 Å². The molecular weight excluding hydrogens is 430 g/mol. The maximum atomic E-state index is 13.9. The van der Waals surface area contributed by atoms with Crippen LogP contribution in [0.4, 0.5) is 8.78 Å². The van der Waals surface area contributed by atoms with Crippen molar-refractivity contribution in [2.45, 2.75) is 63.4 Å². The number of amides is 2. The molecule has 2 amide bonds. The van der Waals surface area contributed by atoms with Gasteiger partial charge in [-0.05, 0) is 48.6 Å². The summed E-state index contributed by atoms with van der Waals surface area (Å²) in [4.78, 5) is 27.8. The van der Waals surface area contributed by atoms with Crippen LogP contribution in [0.3, 0.4) is 0 Å². The molecule has 7 heteroatoms. The smallest absolute Gasteiger partial charge is 0.243 e. The Morgan fingerprint density at radius 2 is 1.78 bits per heavy atom. The van der Waals surface area contributed by atoms with E-state index in [-0.39, 0.29) is 41.8 Å². The van der Waals surface area contributed by atoms with Crippen molar-refractivity contribution < 1.29 is 18.4 Å². The number of thioether (sulfide) groups is 1. The topological polar surface area (TPSA) is 49.4 Å². The highest BCUT2D eigenvalue weighted by molar-refractivity contribution is 7.99. The van der Waals surface area contributed by atoms with E-state index in [4.69, 9.17) is 0 Å². The molecule has 0 aliphatic heterocycles. The fourth-order valence-corrected chi connectivity index (χ4v) is 4.92. The second-order valence-corrected chi connectivity index (χ2v) is 9.13. The lowest BCUT2D eigenvalue weighted by Gasteiger charge is -2.31. The summed E-state index contributed by atoms with van der Waals surface area (Å²) in [6.45, 7) is 2.10. The molecule has 1 aliphatic rings. The number of halogens is 2. The summed E-state index contributed by atoms with van der Waals surface area (Å²) in [5, 5.41) is 3.10. The summed E-state index contributed by atoms with van der Waals surface area (Å²) in [5.41, 5.74) is 1.30. The van der Waals surface area contributed by atoms with E-state index in [1.165, 1.54) is 30.0 Å². The molecule has 2 aromatic rings. The predicted octanol–water partition coefficient (Wildman–Crippen LogP) is 5.06. The lowest BCUT2D eigenvalue weighted by molar-refractivity contribution is -0.139. The van der Waals surface area contributed by atoms with Gasteiger partial charge in [-0.3, -0.25) is 9.59 Å². The number of hydrogen-bond donors (Lipinski definition) is 1. The molecule has 1 aliphatic carbocycles. The molecular formula is C25H30F2N2O2S. The molecule has 1 N–H and O–H groups in total. The first-order chi connectivity index (χ1) is 15.5. The van der Waals surface area contributed by atoms with Crippen molar-refractivity contribution in [3.05, 3.63) is 71.3 Å². The number of rotatable bonds is 10. The van der Waals surface area contributed by atoms with Crippen LogP contribution in [0.1, 0.15) is 50.2 Å². The molecule has 4 nitrogen and oxygen atoms in total. The monoisotopic (exact) mass is 460 g/mol. The van der Waals surface area contributed by atoms with Crippen molar-refractivity contribution in [3.63, 3.8) is 0 Å². The van der Waals surface area contributed by atoms with Gasteiger partial charge in [0, 0.05) is 18.3 Å². The fourth-order valence-electron chi connectivity index (χ4n) is 4.02. The van der Waals surface area contributed by atoms with E-state index in [0.29, 0.717) is 17.7 Å². The quantitative estimate of drug-likeness (QED) is 0.539. The Morgan fingerprint density at radius 1 is 1.09 bits per heavy atom. The third kappa shape index (κ3) is 6.79. The third-order valence-corrected chi connectivity index (χ3v) is 6.76. The van der Waals surface area contributed by atoms with Gasteiger partial charge in [0.1, 0.15) is 17.7 Å². The van der Waals surface area contributed by atoms with E-state index < -0.39 is 6.04 Å². The van der Waals surface area contributed by atoms with Crippen LogP contribution in [0.2, 0.25) is 0 Å². The highest BCUT2D eigenvalue weighted by atomic mass is 32.2. The van der Waals surface area contributed by atoms with Crippen molar-refractivity contribution in [3.8, 4) is 0 Å². The first kappa shape index (κ1) is 24.2. The minimum Gasteiger partial charge on any atom is -0.352 e. The van der Waals surface area contributed by atoms with Crippen LogP contribution in [-0.4, -0.2) is 34.6 Å². The minimum absolute atomic E-state index is 0.128. The zero-order valence-electron chi connectivity index (χ0n) is 18.4. The molecule has 0 spiro atoms. The molecule has 1 saturated carbocycles. The van der Waals surface area contributed by atoms with Gasteiger partial charge in [0.25, 0.3) is 0 Å². The molecule has 0 saturated heterocycles. The lowest BCUT2D eigenvalue weighted by Crippen LogP contribution is -2.51. The van der Waals surface area contributed by atoms with Crippen molar-refractivity contribution in [2.24, 2.45) is 0 Å². The summed E-state index contributed by atoms with van der Waals surface area (Å²) >= 11 is 1.32. The number of nitrogens with zero attached hydrogens (tertiary/aromatic N) is 1. The first-order valence-electron chi connectivity index (χ1n) is 11.1. The largest absolute Gasteiger partial charge is 0.352 e. The third-order valence-electron chi connectivity index (χ3n) is 5.79. The van der Waals surface area contributed by atoms with Crippen molar-refractivity contribution in [1.29, 1.82) is 0 Å². The number of carbonyl (C=O) groups excluding carboxylic acids is 2. The van der Waals surface area contributed by atoms with Crippen LogP contribution in [-0.2, 0) is 21.9 Å². The van der Waals surface area contributed by atoms with E-state index in [0.717, 1.165) is 31.2 Å². The molecule has 0 radical (unpaired) electrons. The Morgan fingerprint density at radius 3 is 2.44 bits per heavy atom. The molecule has 0 aromatic heterocycles. The fraction of sp³-hybridized carbons (Fsp3) is 0.440. The van der Waals surface area contributed by atoms with Gasteiger partial charge in [-0.15, -0.1) is 11.8 Å².